The van der Waals surface area contributed by atoms with Crippen LogP contribution in [0.2, 0.25) is 0 Å². The number of alkyl halides is 3. The Hall–Kier alpha value is -5.18. The molecule has 12 heteroatoms. The van der Waals surface area contributed by atoms with Crippen LogP contribution in [0.15, 0.2) is 67.0 Å². The summed E-state index contributed by atoms with van der Waals surface area (Å²) in [5.74, 6) is -0.0410. The summed E-state index contributed by atoms with van der Waals surface area (Å²) in [4.78, 5) is 18.0. The Bertz CT molecular complexity index is 1770. The van der Waals surface area contributed by atoms with Gasteiger partial charge >= 0.3 is 6.18 Å². The van der Waals surface area contributed by atoms with Gasteiger partial charge in [0.2, 0.25) is 11.9 Å². The Morgan fingerprint density at radius 2 is 1.90 bits per heavy atom. The van der Waals surface area contributed by atoms with Gasteiger partial charge in [0, 0.05) is 32.8 Å². The van der Waals surface area contributed by atoms with Gasteiger partial charge in [-0.1, -0.05) is 12.1 Å². The van der Waals surface area contributed by atoms with E-state index in [-0.39, 0.29) is 19.8 Å². The van der Waals surface area contributed by atoms with Crippen molar-refractivity contribution in [1.29, 1.82) is 5.26 Å². The molecule has 0 aliphatic rings. The SMILES string of the molecule is Cc1c(-c2ccnn2-c2ccc(C#N)cc2)cn2nc(NCC(=O)N(C)C)nc2c1-c1cccc(C(F)(F)F)c1.[HH]. The van der Waals surface area contributed by atoms with Crippen molar-refractivity contribution in [2.24, 2.45) is 0 Å². The minimum absolute atomic E-state index is 0. The van der Waals surface area contributed by atoms with E-state index >= 15 is 0 Å². The normalized spacial score (nSPS) is 11.4. The lowest BCUT2D eigenvalue weighted by Crippen LogP contribution is -2.28. The molecular weight excluding hydrogens is 521 g/mol. The van der Waals surface area contributed by atoms with E-state index < -0.39 is 11.7 Å². The van der Waals surface area contributed by atoms with Crippen LogP contribution in [0.25, 0.3) is 33.7 Å². The first-order valence-corrected chi connectivity index (χ1v) is 12.1. The summed E-state index contributed by atoms with van der Waals surface area (Å²) >= 11 is 0. The molecule has 40 heavy (non-hydrogen) atoms. The maximum absolute atomic E-state index is 13.6. The second-order valence-corrected chi connectivity index (χ2v) is 9.25. The highest BCUT2D eigenvalue weighted by atomic mass is 19.4. The second-order valence-electron chi connectivity index (χ2n) is 9.25. The third kappa shape index (κ3) is 4.96. The monoisotopic (exact) mass is 546 g/mol. The average molecular weight is 547 g/mol. The number of carbonyl (C=O) groups excluding carboxylic acids is 1. The zero-order valence-electron chi connectivity index (χ0n) is 21.7. The third-order valence-electron chi connectivity index (χ3n) is 6.42. The van der Waals surface area contributed by atoms with E-state index in [1.165, 1.54) is 15.5 Å². The van der Waals surface area contributed by atoms with E-state index in [9.17, 15) is 18.0 Å². The van der Waals surface area contributed by atoms with Crippen molar-refractivity contribution in [1.82, 2.24) is 29.3 Å². The summed E-state index contributed by atoms with van der Waals surface area (Å²) in [6, 6.07) is 15.8. The fourth-order valence-corrected chi connectivity index (χ4v) is 4.34. The van der Waals surface area contributed by atoms with Gasteiger partial charge < -0.3 is 10.2 Å². The molecule has 3 aromatic heterocycles. The highest BCUT2D eigenvalue weighted by Gasteiger charge is 2.31. The number of anilines is 1. The number of carbonyl (C=O) groups is 1. The molecule has 5 aromatic rings. The summed E-state index contributed by atoms with van der Waals surface area (Å²) in [5, 5.41) is 21.0. The topological polar surface area (TPSA) is 104 Å². The molecule has 1 N–H and O–H groups in total. The number of nitriles is 1. The molecule has 0 bridgehead atoms. The predicted molar refractivity (Wildman–Crippen MR) is 145 cm³/mol. The van der Waals surface area contributed by atoms with Gasteiger partial charge in [0.15, 0.2) is 5.65 Å². The summed E-state index contributed by atoms with van der Waals surface area (Å²) in [7, 11) is 3.25. The number of hydrogen-bond donors (Lipinski definition) is 1. The van der Waals surface area contributed by atoms with E-state index in [1.54, 1.807) is 74.5 Å². The first-order chi connectivity index (χ1) is 19.1. The molecule has 0 radical (unpaired) electrons. The van der Waals surface area contributed by atoms with Crippen molar-refractivity contribution in [2.75, 3.05) is 26.0 Å². The molecule has 204 valence electrons. The number of hydrogen-bond acceptors (Lipinski definition) is 6. The van der Waals surface area contributed by atoms with Crippen LogP contribution in [0.1, 0.15) is 18.1 Å². The van der Waals surface area contributed by atoms with Gasteiger partial charge in [-0.3, -0.25) is 4.79 Å². The molecule has 2 aromatic carbocycles. The van der Waals surface area contributed by atoms with Gasteiger partial charge in [-0.05, 0) is 60.5 Å². The van der Waals surface area contributed by atoms with Gasteiger partial charge in [0.25, 0.3) is 0 Å². The Morgan fingerprint density at radius 1 is 1.15 bits per heavy atom. The lowest BCUT2D eigenvalue weighted by Gasteiger charge is -2.16. The number of nitrogens with zero attached hydrogens (tertiary/aromatic N) is 7. The van der Waals surface area contributed by atoms with E-state index in [2.05, 4.69) is 26.6 Å². The number of pyridine rings is 1. The highest BCUT2D eigenvalue weighted by molar-refractivity contribution is 5.87. The van der Waals surface area contributed by atoms with Gasteiger partial charge in [0.05, 0.1) is 41.3 Å². The van der Waals surface area contributed by atoms with Crippen molar-refractivity contribution >= 4 is 17.5 Å². The van der Waals surface area contributed by atoms with Crippen LogP contribution < -0.4 is 5.32 Å². The fraction of sp³-hybridized carbons (Fsp3) is 0.179. The lowest BCUT2D eigenvalue weighted by molar-refractivity contribution is -0.137. The van der Waals surface area contributed by atoms with E-state index in [0.717, 1.165) is 12.1 Å². The van der Waals surface area contributed by atoms with Crippen molar-refractivity contribution < 1.29 is 19.4 Å². The largest absolute Gasteiger partial charge is 0.416 e. The number of halogens is 3. The van der Waals surface area contributed by atoms with Crippen LogP contribution in [0.4, 0.5) is 19.1 Å². The molecule has 5 rings (SSSR count). The maximum atomic E-state index is 13.6. The number of likely N-dealkylation sites (N-methyl/N-ethyl adjacent to an activating group) is 1. The minimum atomic E-state index is -4.53. The van der Waals surface area contributed by atoms with Gasteiger partial charge in [-0.15, -0.1) is 5.10 Å². The Morgan fingerprint density at radius 3 is 2.58 bits per heavy atom. The van der Waals surface area contributed by atoms with Crippen LogP contribution in [-0.2, 0) is 11.0 Å². The van der Waals surface area contributed by atoms with E-state index in [4.69, 9.17) is 5.26 Å². The Labute approximate surface area is 228 Å². The number of aromatic nitrogens is 5. The highest BCUT2D eigenvalue weighted by Crippen LogP contribution is 2.38. The van der Waals surface area contributed by atoms with Crippen molar-refractivity contribution in [3.63, 3.8) is 0 Å². The molecule has 0 fully saturated rings. The average Bonchev–Trinajstić information content (AvgIpc) is 3.58. The fourth-order valence-electron chi connectivity index (χ4n) is 4.34. The van der Waals surface area contributed by atoms with Crippen LogP contribution >= 0.6 is 0 Å². The Kier molecular flexibility index (Phi) is 6.73. The zero-order valence-corrected chi connectivity index (χ0v) is 21.7. The van der Waals surface area contributed by atoms with E-state index in [1.807, 2.05) is 0 Å². The molecule has 0 atom stereocenters. The quantitative estimate of drug-likeness (QED) is 0.314. The lowest BCUT2D eigenvalue weighted by atomic mass is 9.95. The molecule has 0 saturated heterocycles. The molecule has 0 aliphatic carbocycles. The number of rotatable bonds is 6. The molecule has 3 heterocycles. The van der Waals surface area contributed by atoms with Crippen molar-refractivity contribution in [3.05, 3.63) is 83.7 Å². The number of benzene rings is 2. The summed E-state index contributed by atoms with van der Waals surface area (Å²) in [6.07, 6.45) is -1.19. The van der Waals surface area contributed by atoms with Crippen molar-refractivity contribution in [3.8, 4) is 34.1 Å². The van der Waals surface area contributed by atoms with Gasteiger partial charge in [-0.2, -0.15) is 28.5 Å². The van der Waals surface area contributed by atoms with E-state index in [0.29, 0.717) is 44.8 Å². The summed E-state index contributed by atoms with van der Waals surface area (Å²) in [6.45, 7) is 1.75. The van der Waals surface area contributed by atoms with Crippen LogP contribution in [0, 0.1) is 18.3 Å². The first kappa shape index (κ1) is 26.4. The Balaban J connectivity index is 0.00000387. The van der Waals surface area contributed by atoms with Crippen LogP contribution in [0.3, 0.4) is 0 Å². The molecule has 1 amide bonds. The van der Waals surface area contributed by atoms with Crippen LogP contribution in [0.5, 0.6) is 0 Å². The third-order valence-corrected chi connectivity index (χ3v) is 6.42. The molecule has 0 aliphatic heterocycles. The maximum Gasteiger partial charge on any atom is 0.416 e. The van der Waals surface area contributed by atoms with Crippen LogP contribution in [-0.4, -0.2) is 55.8 Å². The number of nitrogens with one attached hydrogen (secondary N) is 1. The zero-order chi connectivity index (χ0) is 28.6. The molecule has 9 nitrogen and oxygen atoms in total. The van der Waals surface area contributed by atoms with Gasteiger partial charge in [-0.25, -0.2) is 9.20 Å². The molecule has 0 unspecified atom stereocenters. The van der Waals surface area contributed by atoms with Crippen molar-refractivity contribution in [2.45, 2.75) is 13.1 Å². The number of fused-ring (bicyclic) bond motifs is 1. The molecule has 0 saturated carbocycles. The summed E-state index contributed by atoms with van der Waals surface area (Å²) < 4.78 is 44.1. The smallest absolute Gasteiger partial charge is 0.347 e. The first-order valence-electron chi connectivity index (χ1n) is 12.1. The second kappa shape index (κ2) is 10.2. The minimum Gasteiger partial charge on any atom is -0.347 e. The number of amides is 1. The predicted octanol–water partition coefficient (Wildman–Crippen LogP) is 5.19. The summed E-state index contributed by atoms with van der Waals surface area (Å²) in [5.41, 5.74) is 3.47. The molecule has 0 spiro atoms. The van der Waals surface area contributed by atoms with Gasteiger partial charge in [0.1, 0.15) is 0 Å². The standard InChI is InChI=1S/C28H23F3N8O.H2/c1-17-22(23-11-12-34-39(23)21-9-7-18(14-32)8-10-21)16-38-26(35-27(36-38)33-15-24(40)37(2)3)25(17)19-5-4-6-20(13-19)28(29,30)31;/h4-13,16H,15H2,1-3H3,(H,33,36);1H. The molecular formula is C28H25F3N8O.